The molecule has 5 nitrogen and oxygen atoms in total. The first kappa shape index (κ1) is 18.1. The third kappa shape index (κ3) is 3.91. The molecule has 2 atom stereocenters. The highest BCUT2D eigenvalue weighted by Gasteiger charge is 2.33. The number of halogens is 1. The molecule has 2 aromatic rings. The van der Waals surface area contributed by atoms with Crippen LogP contribution in [0.15, 0.2) is 48.5 Å². The highest BCUT2D eigenvalue weighted by molar-refractivity contribution is 5.87. The molecule has 1 aliphatic heterocycles. The van der Waals surface area contributed by atoms with Crippen LogP contribution in [0.5, 0.6) is 0 Å². The summed E-state index contributed by atoms with van der Waals surface area (Å²) in [6.45, 7) is 0.328. The van der Waals surface area contributed by atoms with Gasteiger partial charge in [-0.15, -0.1) is 0 Å². The van der Waals surface area contributed by atoms with Gasteiger partial charge in [0.2, 0.25) is 11.8 Å². The molecular weight excluding hydrogens is 333 g/mol. The minimum absolute atomic E-state index is 0.0281. The molecule has 0 saturated heterocycles. The Kier molecular flexibility index (Phi) is 5.32. The molecule has 0 bridgehead atoms. The number of hydrogen-bond donors (Lipinski definition) is 2. The van der Waals surface area contributed by atoms with Gasteiger partial charge in [0.25, 0.3) is 0 Å². The van der Waals surface area contributed by atoms with E-state index < -0.39 is 18.0 Å². The molecule has 136 valence electrons. The topological polar surface area (TPSA) is 89.4 Å². The largest absolute Gasteiger partial charge is 0.368 e. The summed E-state index contributed by atoms with van der Waals surface area (Å²) in [4.78, 5) is 26.1. The van der Waals surface area contributed by atoms with E-state index in [1.165, 1.54) is 11.0 Å². The number of nitrogens with two attached hydrogens (primary N) is 2. The number of carbonyl (C=O) groups excluding carboxylic acids is 2. The molecule has 2 unspecified atom stereocenters. The van der Waals surface area contributed by atoms with E-state index in [1.54, 1.807) is 18.2 Å². The Bertz CT molecular complexity index is 824. The average Bonchev–Trinajstić information content (AvgIpc) is 2.62. The number of carbonyl (C=O) groups is 2. The van der Waals surface area contributed by atoms with Gasteiger partial charge in [-0.25, -0.2) is 4.39 Å². The smallest absolute Gasteiger partial charge is 0.240 e. The van der Waals surface area contributed by atoms with E-state index in [4.69, 9.17) is 11.5 Å². The van der Waals surface area contributed by atoms with Crippen molar-refractivity contribution < 1.29 is 14.0 Å². The maximum atomic E-state index is 13.8. The van der Waals surface area contributed by atoms with Gasteiger partial charge in [0.05, 0.1) is 0 Å². The van der Waals surface area contributed by atoms with Crippen molar-refractivity contribution in [3.63, 3.8) is 0 Å². The minimum Gasteiger partial charge on any atom is -0.368 e. The van der Waals surface area contributed by atoms with E-state index in [2.05, 4.69) is 0 Å². The van der Waals surface area contributed by atoms with Crippen molar-refractivity contribution >= 4 is 11.8 Å². The van der Waals surface area contributed by atoms with Crippen molar-refractivity contribution in [3.8, 4) is 0 Å². The highest BCUT2D eigenvalue weighted by atomic mass is 19.1. The SMILES string of the molecule is NC(=O)C1Cc2ccccc2CN1C(=O)CC(N)Cc1ccccc1F. The quantitative estimate of drug-likeness (QED) is 0.852. The third-order valence-electron chi connectivity index (χ3n) is 4.77. The van der Waals surface area contributed by atoms with Crippen LogP contribution in [0.3, 0.4) is 0 Å². The molecule has 0 fully saturated rings. The highest BCUT2D eigenvalue weighted by Crippen LogP contribution is 2.24. The van der Waals surface area contributed by atoms with Gasteiger partial charge in [-0.3, -0.25) is 9.59 Å². The van der Waals surface area contributed by atoms with E-state index in [-0.39, 0.29) is 24.6 Å². The van der Waals surface area contributed by atoms with Crippen LogP contribution in [0.2, 0.25) is 0 Å². The third-order valence-corrected chi connectivity index (χ3v) is 4.77. The zero-order valence-corrected chi connectivity index (χ0v) is 14.4. The van der Waals surface area contributed by atoms with Crippen LogP contribution in [-0.2, 0) is 29.0 Å². The zero-order valence-electron chi connectivity index (χ0n) is 14.4. The van der Waals surface area contributed by atoms with Gasteiger partial charge >= 0.3 is 0 Å². The molecule has 1 aliphatic rings. The van der Waals surface area contributed by atoms with Crippen LogP contribution in [0.1, 0.15) is 23.1 Å². The number of amides is 2. The molecule has 26 heavy (non-hydrogen) atoms. The number of nitrogens with zero attached hydrogens (tertiary/aromatic N) is 1. The summed E-state index contributed by atoms with van der Waals surface area (Å²) in [5.74, 6) is -1.11. The van der Waals surface area contributed by atoms with Crippen molar-refractivity contribution in [2.75, 3.05) is 0 Å². The molecule has 6 heteroatoms. The first-order chi connectivity index (χ1) is 12.5. The second kappa shape index (κ2) is 7.66. The van der Waals surface area contributed by atoms with Crippen molar-refractivity contribution in [2.45, 2.75) is 37.9 Å². The molecule has 0 aliphatic carbocycles. The predicted molar refractivity (Wildman–Crippen MR) is 96.4 cm³/mol. The second-order valence-corrected chi connectivity index (χ2v) is 6.67. The van der Waals surface area contributed by atoms with Gasteiger partial charge < -0.3 is 16.4 Å². The van der Waals surface area contributed by atoms with Crippen LogP contribution in [-0.4, -0.2) is 28.8 Å². The fourth-order valence-electron chi connectivity index (χ4n) is 3.40. The van der Waals surface area contributed by atoms with E-state index in [1.807, 2.05) is 24.3 Å². The van der Waals surface area contributed by atoms with Gasteiger partial charge in [0.15, 0.2) is 0 Å². The maximum Gasteiger partial charge on any atom is 0.240 e. The average molecular weight is 355 g/mol. The van der Waals surface area contributed by atoms with Crippen LogP contribution in [0.25, 0.3) is 0 Å². The molecule has 2 amide bonds. The van der Waals surface area contributed by atoms with Gasteiger partial charge in [-0.2, -0.15) is 0 Å². The molecule has 3 rings (SSSR count). The van der Waals surface area contributed by atoms with Crippen molar-refractivity contribution in [1.29, 1.82) is 0 Å². The lowest BCUT2D eigenvalue weighted by atomic mass is 9.92. The van der Waals surface area contributed by atoms with Gasteiger partial charge in [0.1, 0.15) is 11.9 Å². The molecule has 4 N–H and O–H groups in total. The maximum absolute atomic E-state index is 13.8. The predicted octanol–water partition coefficient (Wildman–Crippen LogP) is 1.52. The Balaban J connectivity index is 1.71. The molecule has 1 heterocycles. The van der Waals surface area contributed by atoms with E-state index in [0.29, 0.717) is 18.5 Å². The van der Waals surface area contributed by atoms with Crippen LogP contribution in [0, 0.1) is 5.82 Å². The minimum atomic E-state index is -0.682. The van der Waals surface area contributed by atoms with Crippen molar-refractivity contribution in [3.05, 3.63) is 71.0 Å². The van der Waals surface area contributed by atoms with Crippen LogP contribution in [0.4, 0.5) is 4.39 Å². The Labute approximate surface area is 151 Å². The summed E-state index contributed by atoms with van der Waals surface area (Å²) in [7, 11) is 0. The Hall–Kier alpha value is -2.73. The summed E-state index contributed by atoms with van der Waals surface area (Å²) in [6, 6.07) is 12.8. The molecule has 0 spiro atoms. The monoisotopic (exact) mass is 355 g/mol. The lowest BCUT2D eigenvalue weighted by Gasteiger charge is -2.35. The number of benzene rings is 2. The molecule has 0 radical (unpaired) electrons. The van der Waals surface area contributed by atoms with Gasteiger partial charge in [-0.1, -0.05) is 42.5 Å². The fraction of sp³-hybridized carbons (Fsp3) is 0.300. The molecule has 0 aromatic heterocycles. The molecule has 0 saturated carbocycles. The normalized spacial score (nSPS) is 17.5. The zero-order chi connectivity index (χ0) is 18.7. The second-order valence-electron chi connectivity index (χ2n) is 6.67. The van der Waals surface area contributed by atoms with Crippen LogP contribution < -0.4 is 11.5 Å². The first-order valence-electron chi connectivity index (χ1n) is 8.60. The number of rotatable bonds is 5. The van der Waals surface area contributed by atoms with E-state index >= 15 is 0 Å². The number of primary amides is 1. The Morgan fingerprint density at radius 1 is 1.12 bits per heavy atom. The Morgan fingerprint density at radius 2 is 1.77 bits per heavy atom. The molecular formula is C20H22FN3O2. The Morgan fingerprint density at radius 3 is 2.46 bits per heavy atom. The van der Waals surface area contributed by atoms with Gasteiger partial charge in [0, 0.05) is 25.4 Å². The van der Waals surface area contributed by atoms with Gasteiger partial charge in [-0.05, 0) is 29.2 Å². The summed E-state index contributed by atoms with van der Waals surface area (Å²) >= 11 is 0. The first-order valence-corrected chi connectivity index (χ1v) is 8.60. The lowest BCUT2D eigenvalue weighted by molar-refractivity contribution is -0.140. The summed E-state index contributed by atoms with van der Waals surface area (Å²) in [5, 5.41) is 0. The van der Waals surface area contributed by atoms with Crippen molar-refractivity contribution in [2.24, 2.45) is 11.5 Å². The van der Waals surface area contributed by atoms with Crippen molar-refractivity contribution in [1.82, 2.24) is 4.90 Å². The number of hydrogen-bond acceptors (Lipinski definition) is 3. The fourth-order valence-corrected chi connectivity index (χ4v) is 3.40. The summed E-state index contributed by atoms with van der Waals surface area (Å²) in [5.41, 5.74) is 14.1. The summed E-state index contributed by atoms with van der Waals surface area (Å²) in [6.07, 6.45) is 0.685. The summed E-state index contributed by atoms with van der Waals surface area (Å²) < 4.78 is 13.8. The molecule has 2 aromatic carbocycles. The van der Waals surface area contributed by atoms with E-state index in [9.17, 15) is 14.0 Å². The van der Waals surface area contributed by atoms with Crippen LogP contribution >= 0.6 is 0 Å². The lowest BCUT2D eigenvalue weighted by Crippen LogP contribution is -2.52. The van der Waals surface area contributed by atoms with E-state index in [0.717, 1.165) is 11.1 Å². The number of fused-ring (bicyclic) bond motifs is 1. The standard InChI is InChI=1S/C20H22FN3O2/c21-17-8-4-3-6-14(17)9-16(22)11-19(25)24-12-15-7-2-1-5-13(15)10-18(24)20(23)26/h1-8,16,18H,9-12,22H2,(H2,23,26).